The summed E-state index contributed by atoms with van der Waals surface area (Å²) in [7, 11) is 0.407. The Morgan fingerprint density at radius 3 is 1.70 bits per heavy atom. The van der Waals surface area contributed by atoms with Crippen LogP contribution in [0.1, 0.15) is 84.5 Å². The molecule has 0 rings (SSSR count). The SMILES string of the molecule is CCCCCCCCCCCC[N+](C)(C)CCC(C)S(=O)(=O)O. The third-order valence-corrected chi connectivity index (χ3v) is 6.02. The van der Waals surface area contributed by atoms with Gasteiger partial charge in [-0.3, -0.25) is 4.55 Å². The molecule has 1 N–H and O–H groups in total. The quantitative estimate of drug-likeness (QED) is 0.266. The fourth-order valence-electron chi connectivity index (χ4n) is 2.82. The molecule has 0 aliphatic rings. The van der Waals surface area contributed by atoms with Crippen molar-refractivity contribution in [3.05, 3.63) is 0 Å². The summed E-state index contributed by atoms with van der Waals surface area (Å²) in [5.74, 6) is 0. The molecule has 5 heteroatoms. The van der Waals surface area contributed by atoms with E-state index in [1.807, 2.05) is 0 Å². The van der Waals surface area contributed by atoms with E-state index in [0.29, 0.717) is 6.42 Å². The molecule has 4 nitrogen and oxygen atoms in total. The Morgan fingerprint density at radius 2 is 1.26 bits per heavy atom. The van der Waals surface area contributed by atoms with Gasteiger partial charge < -0.3 is 4.48 Å². The summed E-state index contributed by atoms with van der Waals surface area (Å²) in [5, 5.41) is -0.660. The molecule has 0 aliphatic carbocycles. The molecule has 0 saturated heterocycles. The molecule has 0 bridgehead atoms. The van der Waals surface area contributed by atoms with Crippen LogP contribution in [0, 0.1) is 0 Å². The van der Waals surface area contributed by atoms with Crippen molar-refractivity contribution in [1.29, 1.82) is 0 Å². The van der Waals surface area contributed by atoms with Gasteiger partial charge in [0.25, 0.3) is 10.1 Å². The number of quaternary nitrogens is 1. The highest BCUT2D eigenvalue weighted by atomic mass is 32.2. The molecule has 0 heterocycles. The molecular formula is C18H40NO3S+. The van der Waals surface area contributed by atoms with Crippen LogP contribution in [0.25, 0.3) is 0 Å². The molecule has 0 aromatic rings. The molecule has 0 radical (unpaired) electrons. The minimum absolute atomic E-state index is 0.517. The molecule has 1 atom stereocenters. The lowest BCUT2D eigenvalue weighted by atomic mass is 10.1. The van der Waals surface area contributed by atoms with E-state index in [2.05, 4.69) is 21.0 Å². The number of hydrogen-bond acceptors (Lipinski definition) is 2. The largest absolute Gasteiger partial charge is 0.328 e. The highest BCUT2D eigenvalue weighted by molar-refractivity contribution is 7.86. The van der Waals surface area contributed by atoms with Crippen molar-refractivity contribution in [2.24, 2.45) is 0 Å². The van der Waals surface area contributed by atoms with Crippen LogP contribution in [0.2, 0.25) is 0 Å². The number of hydrogen-bond donors (Lipinski definition) is 1. The van der Waals surface area contributed by atoms with Crippen LogP contribution in [0.15, 0.2) is 0 Å². The Bertz CT molecular complexity index is 380. The predicted molar refractivity (Wildman–Crippen MR) is 99.3 cm³/mol. The molecule has 0 spiro atoms. The Balaban J connectivity index is 3.59. The fraction of sp³-hybridized carbons (Fsp3) is 1.00. The summed E-state index contributed by atoms with van der Waals surface area (Å²) < 4.78 is 31.9. The first-order valence-corrected chi connectivity index (χ1v) is 11.0. The molecular weight excluding hydrogens is 310 g/mol. The molecule has 0 amide bonds. The summed E-state index contributed by atoms with van der Waals surface area (Å²) in [6.45, 7) is 5.70. The van der Waals surface area contributed by atoms with Crippen molar-refractivity contribution in [3.63, 3.8) is 0 Å². The molecule has 0 aromatic carbocycles. The number of rotatable bonds is 15. The van der Waals surface area contributed by atoms with Gasteiger partial charge >= 0.3 is 0 Å². The van der Waals surface area contributed by atoms with E-state index in [4.69, 9.17) is 4.55 Å². The van der Waals surface area contributed by atoms with Crippen molar-refractivity contribution in [1.82, 2.24) is 0 Å². The van der Waals surface area contributed by atoms with Crippen LogP contribution in [-0.2, 0) is 10.1 Å². The van der Waals surface area contributed by atoms with E-state index in [9.17, 15) is 8.42 Å². The minimum Gasteiger partial charge on any atom is -0.328 e. The molecule has 0 aliphatic heterocycles. The number of unbranched alkanes of at least 4 members (excludes halogenated alkanes) is 9. The minimum atomic E-state index is -3.88. The lowest BCUT2D eigenvalue weighted by molar-refractivity contribution is -0.890. The van der Waals surface area contributed by atoms with Gasteiger partial charge in [0.1, 0.15) is 0 Å². The van der Waals surface area contributed by atoms with E-state index >= 15 is 0 Å². The highest BCUT2D eigenvalue weighted by Gasteiger charge is 2.22. The first-order valence-electron chi connectivity index (χ1n) is 9.47. The summed E-state index contributed by atoms with van der Waals surface area (Å²) in [4.78, 5) is 0. The van der Waals surface area contributed by atoms with Crippen molar-refractivity contribution >= 4 is 10.1 Å². The van der Waals surface area contributed by atoms with Crippen LogP contribution < -0.4 is 0 Å². The van der Waals surface area contributed by atoms with Gasteiger partial charge in [-0.25, -0.2) is 0 Å². The Morgan fingerprint density at radius 1 is 0.826 bits per heavy atom. The first-order chi connectivity index (χ1) is 10.7. The second-order valence-corrected chi connectivity index (χ2v) is 9.51. The second kappa shape index (κ2) is 12.3. The molecule has 140 valence electrons. The first kappa shape index (κ1) is 22.9. The Hall–Kier alpha value is -0.130. The van der Waals surface area contributed by atoms with E-state index in [1.165, 1.54) is 64.2 Å². The summed E-state index contributed by atoms with van der Waals surface area (Å²) in [5.41, 5.74) is 0. The van der Waals surface area contributed by atoms with Gasteiger partial charge in [-0.05, 0) is 19.8 Å². The monoisotopic (exact) mass is 350 g/mol. The number of nitrogens with zero attached hydrogens (tertiary/aromatic N) is 1. The zero-order valence-corrected chi connectivity index (χ0v) is 16.7. The normalized spacial score (nSPS) is 14.1. The topological polar surface area (TPSA) is 54.4 Å². The van der Waals surface area contributed by atoms with Gasteiger partial charge in [-0.15, -0.1) is 0 Å². The second-order valence-electron chi connectivity index (χ2n) is 7.68. The lowest BCUT2D eigenvalue weighted by Crippen LogP contribution is -2.42. The average molecular weight is 351 g/mol. The molecule has 0 aromatic heterocycles. The lowest BCUT2D eigenvalue weighted by Gasteiger charge is -2.30. The van der Waals surface area contributed by atoms with Crippen LogP contribution in [0.4, 0.5) is 0 Å². The average Bonchev–Trinajstić information content (AvgIpc) is 2.45. The van der Waals surface area contributed by atoms with E-state index in [1.54, 1.807) is 6.92 Å². The predicted octanol–water partition coefficient (Wildman–Crippen LogP) is 4.65. The van der Waals surface area contributed by atoms with Crippen molar-refractivity contribution in [3.8, 4) is 0 Å². The maximum atomic E-state index is 11.0. The summed E-state index contributed by atoms with van der Waals surface area (Å²) >= 11 is 0. The Labute approximate surface area is 145 Å². The van der Waals surface area contributed by atoms with Crippen molar-refractivity contribution in [2.45, 2.75) is 89.7 Å². The molecule has 0 fully saturated rings. The van der Waals surface area contributed by atoms with Gasteiger partial charge in [-0.2, -0.15) is 8.42 Å². The van der Waals surface area contributed by atoms with Crippen molar-refractivity contribution in [2.75, 3.05) is 27.2 Å². The fourth-order valence-corrected chi connectivity index (χ4v) is 3.22. The van der Waals surface area contributed by atoms with Crippen LogP contribution in [-0.4, -0.2) is 49.9 Å². The molecule has 23 heavy (non-hydrogen) atoms. The van der Waals surface area contributed by atoms with Gasteiger partial charge in [-0.1, -0.05) is 58.3 Å². The van der Waals surface area contributed by atoms with Crippen LogP contribution in [0.5, 0.6) is 0 Å². The van der Waals surface area contributed by atoms with E-state index in [-0.39, 0.29) is 0 Å². The Kier molecular flexibility index (Phi) is 12.2. The molecule has 1 unspecified atom stereocenters. The maximum absolute atomic E-state index is 11.0. The van der Waals surface area contributed by atoms with Gasteiger partial charge in [0.15, 0.2) is 0 Å². The smallest absolute Gasteiger partial charge is 0.267 e. The van der Waals surface area contributed by atoms with Crippen molar-refractivity contribution < 1.29 is 17.5 Å². The third kappa shape index (κ3) is 14.0. The molecule has 0 saturated carbocycles. The zero-order chi connectivity index (χ0) is 17.8. The third-order valence-electron chi connectivity index (χ3n) is 4.77. The summed E-state index contributed by atoms with van der Waals surface area (Å²) in [6.07, 6.45) is 13.9. The van der Waals surface area contributed by atoms with E-state index in [0.717, 1.165) is 17.6 Å². The van der Waals surface area contributed by atoms with Gasteiger partial charge in [0, 0.05) is 6.42 Å². The summed E-state index contributed by atoms with van der Waals surface area (Å²) in [6, 6.07) is 0. The van der Waals surface area contributed by atoms with Crippen LogP contribution >= 0.6 is 0 Å². The van der Waals surface area contributed by atoms with Gasteiger partial charge in [0.05, 0.1) is 32.4 Å². The zero-order valence-electron chi connectivity index (χ0n) is 15.9. The van der Waals surface area contributed by atoms with Gasteiger partial charge in [0.2, 0.25) is 0 Å². The van der Waals surface area contributed by atoms with E-state index < -0.39 is 15.4 Å². The standard InChI is InChI=1S/C18H39NO3S/c1-5-6-7-8-9-10-11-12-13-14-16-19(3,4)17-15-18(2)23(20,21)22/h18H,5-17H2,1-4H3/p+1. The van der Waals surface area contributed by atoms with Crippen LogP contribution in [0.3, 0.4) is 0 Å². The maximum Gasteiger partial charge on any atom is 0.267 e. The highest BCUT2D eigenvalue weighted by Crippen LogP contribution is 2.13.